The van der Waals surface area contributed by atoms with Crippen molar-refractivity contribution in [2.75, 3.05) is 0 Å². The second kappa shape index (κ2) is 9.81. The van der Waals surface area contributed by atoms with E-state index in [1.54, 1.807) is 0 Å². The van der Waals surface area contributed by atoms with Crippen molar-refractivity contribution in [2.45, 2.75) is 105 Å². The van der Waals surface area contributed by atoms with Gasteiger partial charge in [-0.1, -0.05) is 0 Å². The van der Waals surface area contributed by atoms with Crippen LogP contribution in [0.25, 0.3) is 21.5 Å². The third kappa shape index (κ3) is 4.32. The van der Waals surface area contributed by atoms with E-state index in [4.69, 9.17) is 16.5 Å². The molecule has 0 fully saturated rings. The standard InChI is InChI=1S/C38H52O6Si8/c1-45(2)31-25-17-21-22(18-26(25)32-36(35(31)49(9,10)41-45)50(11,12)42-46(32,3)4)30(40)24-20-28-27(19-23(24)29(21)39)33-37(51(13,14)43-47(33,5)6)38-34(28)48(7,8)44-52(38,15)16/h17-20H,1-16H3. The fourth-order valence-electron chi connectivity index (χ4n) is 12.0. The van der Waals surface area contributed by atoms with E-state index in [1.165, 1.54) is 41.5 Å². The minimum atomic E-state index is -2.34. The van der Waals surface area contributed by atoms with Crippen molar-refractivity contribution in [3.63, 3.8) is 0 Å². The van der Waals surface area contributed by atoms with Crippen molar-refractivity contribution in [3.05, 3.63) is 46.5 Å². The zero-order valence-electron chi connectivity index (χ0n) is 33.8. The molecule has 0 N–H and O–H groups in total. The van der Waals surface area contributed by atoms with Gasteiger partial charge in [-0.25, -0.2) is 0 Å². The normalized spacial score (nSPS) is 25.2. The summed E-state index contributed by atoms with van der Waals surface area (Å²) in [6, 6.07) is 8.41. The predicted octanol–water partition coefficient (Wildman–Crippen LogP) is 4.19. The summed E-state index contributed by atoms with van der Waals surface area (Å²) in [4.78, 5) is 30.1. The van der Waals surface area contributed by atoms with Crippen LogP contribution in [-0.2, 0) is 16.5 Å². The summed E-state index contributed by atoms with van der Waals surface area (Å²) in [7, 11) is -18.4. The van der Waals surface area contributed by atoms with Crippen LogP contribution in [0.1, 0.15) is 31.8 Å². The molecule has 4 aromatic carbocycles. The van der Waals surface area contributed by atoms with Gasteiger partial charge in [0.25, 0.3) is 0 Å². The number of carbonyl (C=O) groups excluding carboxylic acids is 2. The van der Waals surface area contributed by atoms with Crippen molar-refractivity contribution in [2.24, 2.45) is 0 Å². The van der Waals surface area contributed by atoms with E-state index in [9.17, 15) is 0 Å². The van der Waals surface area contributed by atoms with E-state index in [0.717, 1.165) is 21.5 Å². The molecular weight excluding hydrogens is 777 g/mol. The van der Waals surface area contributed by atoms with Gasteiger partial charge >= 0.3 is 0 Å². The summed E-state index contributed by atoms with van der Waals surface area (Å²) < 4.78 is 28.6. The number of ketones is 2. The molecule has 52 heavy (non-hydrogen) atoms. The number of carbonyl (C=O) groups is 2. The van der Waals surface area contributed by atoms with E-state index in [2.05, 4.69) is 129 Å². The number of fused-ring (bicyclic) bond motifs is 14. The summed E-state index contributed by atoms with van der Waals surface area (Å²) in [6.07, 6.45) is 0. The zero-order valence-corrected chi connectivity index (χ0v) is 41.8. The average Bonchev–Trinajstić information content (AvgIpc) is 3.47. The van der Waals surface area contributed by atoms with Crippen molar-refractivity contribution < 1.29 is 26.0 Å². The van der Waals surface area contributed by atoms with Crippen LogP contribution in [0, 0.1) is 0 Å². The maximum absolute atomic E-state index is 15.1. The summed E-state index contributed by atoms with van der Waals surface area (Å²) >= 11 is 0. The molecule has 0 bridgehead atoms. The molecule has 0 saturated heterocycles. The van der Waals surface area contributed by atoms with E-state index < -0.39 is 66.5 Å². The van der Waals surface area contributed by atoms with Crippen molar-refractivity contribution in [1.82, 2.24) is 0 Å². The Balaban J connectivity index is 1.40. The molecule has 0 aromatic heterocycles. The molecule has 4 heterocycles. The number of benzene rings is 4. The molecule has 14 heteroatoms. The highest BCUT2D eigenvalue weighted by molar-refractivity contribution is 7.16. The fourth-order valence-corrected chi connectivity index (χ4v) is 59.2. The van der Waals surface area contributed by atoms with Crippen LogP contribution >= 0.6 is 0 Å². The van der Waals surface area contributed by atoms with Gasteiger partial charge in [0.2, 0.25) is 66.5 Å². The lowest BCUT2D eigenvalue weighted by Gasteiger charge is -2.28. The first kappa shape index (κ1) is 36.0. The lowest BCUT2D eigenvalue weighted by molar-refractivity contribution is 0.0979. The van der Waals surface area contributed by atoms with Crippen LogP contribution in [0.5, 0.6) is 0 Å². The second-order valence-corrected chi connectivity index (χ2v) is 51.5. The van der Waals surface area contributed by atoms with Crippen molar-refractivity contribution >= 4 is 141 Å². The number of hydrogen-bond acceptors (Lipinski definition) is 6. The third-order valence-corrected chi connectivity index (χ3v) is 44.3. The summed E-state index contributed by atoms with van der Waals surface area (Å²) in [5.74, 6) is -0.0989. The molecule has 0 radical (unpaired) electrons. The second-order valence-electron chi connectivity index (χ2n) is 20.0. The Morgan fingerprint density at radius 3 is 0.615 bits per heavy atom. The van der Waals surface area contributed by atoms with Gasteiger partial charge < -0.3 is 16.5 Å². The minimum Gasteiger partial charge on any atom is -0.449 e. The molecule has 4 aliphatic heterocycles. The van der Waals surface area contributed by atoms with Crippen LogP contribution in [-0.4, -0.2) is 78.1 Å². The fraction of sp³-hybridized carbons (Fsp3) is 0.421. The van der Waals surface area contributed by atoms with E-state index >= 15 is 9.59 Å². The van der Waals surface area contributed by atoms with E-state index in [-0.39, 0.29) is 11.6 Å². The minimum absolute atomic E-state index is 0.0494. The molecule has 0 saturated carbocycles. The molecule has 272 valence electrons. The van der Waals surface area contributed by atoms with Crippen molar-refractivity contribution in [3.8, 4) is 0 Å². The molecule has 5 aliphatic rings. The van der Waals surface area contributed by atoms with Gasteiger partial charge in [0, 0.05) is 22.3 Å². The van der Waals surface area contributed by atoms with Gasteiger partial charge in [-0.05, 0) is 192 Å². The average molecular weight is 830 g/mol. The Morgan fingerprint density at radius 2 is 0.442 bits per heavy atom. The Kier molecular flexibility index (Phi) is 6.79. The van der Waals surface area contributed by atoms with Gasteiger partial charge in [0.05, 0.1) is 0 Å². The van der Waals surface area contributed by atoms with Crippen molar-refractivity contribution in [1.29, 1.82) is 0 Å². The maximum atomic E-state index is 15.1. The van der Waals surface area contributed by atoms with E-state index in [0.29, 0.717) is 22.3 Å². The van der Waals surface area contributed by atoms with Gasteiger partial charge in [-0.15, -0.1) is 0 Å². The first-order valence-corrected chi connectivity index (χ1v) is 42.1. The summed E-state index contributed by atoms with van der Waals surface area (Å²) in [5.41, 5.74) is 2.13. The lowest BCUT2D eigenvalue weighted by Crippen LogP contribution is -2.64. The predicted molar refractivity (Wildman–Crippen MR) is 236 cm³/mol. The SMILES string of the molecule is C[Si]1(C)O[Si](C)(C)c2c1c1c(c3cc4c(cc23)C(=O)c2cc3c5c(c6c(c3cc2C4=O)[Si](C)(C)O[Si]6(C)C)[Si](C)(C)O[Si]5(C)C)[Si](C)(C)O[Si]1(C)C. The quantitative estimate of drug-likeness (QED) is 0.219. The maximum Gasteiger partial charge on any atom is 0.206 e. The third-order valence-electron chi connectivity index (χ3n) is 12.7. The van der Waals surface area contributed by atoms with E-state index in [1.807, 2.05) is 0 Å². The molecular formula is C38H52O6Si8. The molecule has 0 unspecified atom stereocenters. The Morgan fingerprint density at radius 1 is 0.288 bits per heavy atom. The Labute approximate surface area is 316 Å². The lowest BCUT2D eigenvalue weighted by atomic mass is 9.81. The van der Waals surface area contributed by atoms with Gasteiger partial charge in [0.15, 0.2) is 11.6 Å². The van der Waals surface area contributed by atoms with Gasteiger partial charge in [-0.2, -0.15) is 0 Å². The molecule has 0 atom stereocenters. The molecule has 4 aromatic rings. The molecule has 0 amide bonds. The highest BCUT2D eigenvalue weighted by atomic mass is 28.4. The van der Waals surface area contributed by atoms with Gasteiger partial charge in [-0.3, -0.25) is 9.59 Å². The first-order chi connectivity index (χ1) is 23.6. The first-order valence-electron chi connectivity index (χ1n) is 18.9. The molecule has 0 spiro atoms. The summed E-state index contributed by atoms with van der Waals surface area (Å²) in [6.45, 7) is 37.3. The zero-order chi connectivity index (χ0) is 38.0. The van der Waals surface area contributed by atoms with Crippen LogP contribution in [0.3, 0.4) is 0 Å². The summed E-state index contributed by atoms with van der Waals surface area (Å²) in [5, 5.41) is 15.6. The Bertz CT molecular complexity index is 2140. The molecule has 9 rings (SSSR count). The van der Waals surface area contributed by atoms with Crippen LogP contribution in [0.15, 0.2) is 24.3 Å². The van der Waals surface area contributed by atoms with Crippen LogP contribution < -0.4 is 41.5 Å². The number of rotatable bonds is 0. The topological polar surface area (TPSA) is 71.1 Å². The molecule has 1 aliphatic carbocycles. The monoisotopic (exact) mass is 828 g/mol. The van der Waals surface area contributed by atoms with Crippen LogP contribution in [0.4, 0.5) is 0 Å². The van der Waals surface area contributed by atoms with Crippen LogP contribution in [0.2, 0.25) is 105 Å². The Hall–Kier alpha value is -1.68. The number of hydrogen-bond donors (Lipinski definition) is 0. The largest absolute Gasteiger partial charge is 0.449 e. The molecule has 6 nitrogen and oxygen atoms in total. The highest BCUT2D eigenvalue weighted by Gasteiger charge is 2.59. The smallest absolute Gasteiger partial charge is 0.206 e. The van der Waals surface area contributed by atoms with Gasteiger partial charge in [0.1, 0.15) is 0 Å². The highest BCUT2D eigenvalue weighted by Crippen LogP contribution is 2.38.